The molecule has 0 unspecified atom stereocenters. The van der Waals surface area contributed by atoms with E-state index in [1.807, 2.05) is 12.1 Å². The van der Waals surface area contributed by atoms with Crippen molar-refractivity contribution in [2.75, 3.05) is 6.54 Å². The van der Waals surface area contributed by atoms with Gasteiger partial charge in [-0.25, -0.2) is 0 Å². The lowest BCUT2D eigenvalue weighted by atomic mass is 9.94. The Morgan fingerprint density at radius 3 is 2.95 bits per heavy atom. The molecule has 1 aromatic heterocycles. The standard InChI is InChI=1S/C17H22N2O3/c20-16-8-13(9-19(16)10-14-2-1-5-22-14)17(21)18-15-7-11-3-4-12(15)6-11/h1-2,5,11-13,15H,3-4,6-10H2,(H,18,21)/t11-,12-,13-,15+/m1/s1. The molecule has 0 spiro atoms. The lowest BCUT2D eigenvalue weighted by Gasteiger charge is -2.24. The highest BCUT2D eigenvalue weighted by atomic mass is 16.3. The number of nitrogens with one attached hydrogen (secondary N) is 1. The van der Waals surface area contributed by atoms with Crippen LogP contribution in [-0.4, -0.2) is 29.3 Å². The van der Waals surface area contributed by atoms with Crippen LogP contribution >= 0.6 is 0 Å². The van der Waals surface area contributed by atoms with Crippen LogP contribution in [0.1, 0.15) is 37.9 Å². The Morgan fingerprint density at radius 1 is 1.36 bits per heavy atom. The summed E-state index contributed by atoms with van der Waals surface area (Å²) in [4.78, 5) is 26.3. The molecule has 2 heterocycles. The van der Waals surface area contributed by atoms with E-state index in [9.17, 15) is 9.59 Å². The topological polar surface area (TPSA) is 62.6 Å². The number of furan rings is 1. The van der Waals surface area contributed by atoms with Crippen LogP contribution in [0.25, 0.3) is 0 Å². The predicted octanol–water partition coefficient (Wildman–Crippen LogP) is 1.93. The van der Waals surface area contributed by atoms with Crippen LogP contribution in [0.5, 0.6) is 0 Å². The molecule has 2 aliphatic carbocycles. The van der Waals surface area contributed by atoms with Crippen molar-refractivity contribution in [1.29, 1.82) is 0 Å². The summed E-state index contributed by atoms with van der Waals surface area (Å²) in [6.45, 7) is 0.968. The van der Waals surface area contributed by atoms with Crippen LogP contribution in [0.15, 0.2) is 22.8 Å². The fourth-order valence-corrected chi connectivity index (χ4v) is 4.41. The van der Waals surface area contributed by atoms with Gasteiger partial charge in [-0.15, -0.1) is 0 Å². The Bertz CT molecular complexity index is 568. The van der Waals surface area contributed by atoms with Gasteiger partial charge in [0, 0.05) is 19.0 Å². The first kappa shape index (κ1) is 13.9. The zero-order valence-corrected chi connectivity index (χ0v) is 12.7. The van der Waals surface area contributed by atoms with Crippen LogP contribution in [0.4, 0.5) is 0 Å². The van der Waals surface area contributed by atoms with E-state index in [1.54, 1.807) is 11.2 Å². The summed E-state index contributed by atoms with van der Waals surface area (Å²) < 4.78 is 5.29. The average molecular weight is 302 g/mol. The van der Waals surface area contributed by atoms with Crippen LogP contribution in [0.2, 0.25) is 0 Å². The summed E-state index contributed by atoms with van der Waals surface area (Å²) in [5, 5.41) is 3.21. The van der Waals surface area contributed by atoms with Gasteiger partial charge in [0.1, 0.15) is 5.76 Å². The summed E-state index contributed by atoms with van der Waals surface area (Å²) in [6, 6.07) is 4.02. The van der Waals surface area contributed by atoms with Gasteiger partial charge >= 0.3 is 0 Å². The van der Waals surface area contributed by atoms with Crippen molar-refractivity contribution in [3.8, 4) is 0 Å². The Balaban J connectivity index is 1.33. The number of likely N-dealkylation sites (tertiary alicyclic amines) is 1. The number of hydrogen-bond donors (Lipinski definition) is 1. The van der Waals surface area contributed by atoms with Gasteiger partial charge in [-0.2, -0.15) is 0 Å². The molecule has 2 saturated carbocycles. The van der Waals surface area contributed by atoms with Crippen LogP contribution < -0.4 is 5.32 Å². The largest absolute Gasteiger partial charge is 0.467 e. The predicted molar refractivity (Wildman–Crippen MR) is 79.6 cm³/mol. The number of rotatable bonds is 4. The van der Waals surface area contributed by atoms with Crippen molar-refractivity contribution in [3.63, 3.8) is 0 Å². The summed E-state index contributed by atoms with van der Waals surface area (Å²) >= 11 is 0. The summed E-state index contributed by atoms with van der Waals surface area (Å²) in [5.74, 6) is 2.16. The maximum atomic E-state index is 12.5. The van der Waals surface area contributed by atoms with E-state index in [-0.39, 0.29) is 17.7 Å². The highest BCUT2D eigenvalue weighted by Gasteiger charge is 2.42. The summed E-state index contributed by atoms with van der Waals surface area (Å²) in [5.41, 5.74) is 0. The molecule has 0 radical (unpaired) electrons. The van der Waals surface area contributed by atoms with Gasteiger partial charge in [0.25, 0.3) is 0 Å². The first-order valence-electron chi connectivity index (χ1n) is 8.29. The molecular weight excluding hydrogens is 280 g/mol. The van der Waals surface area contributed by atoms with Crippen molar-refractivity contribution in [2.45, 2.75) is 44.7 Å². The molecule has 4 rings (SSSR count). The number of amides is 2. The van der Waals surface area contributed by atoms with Crippen molar-refractivity contribution >= 4 is 11.8 Å². The van der Waals surface area contributed by atoms with Crippen molar-refractivity contribution in [1.82, 2.24) is 10.2 Å². The van der Waals surface area contributed by atoms with Crippen molar-refractivity contribution < 1.29 is 14.0 Å². The monoisotopic (exact) mass is 302 g/mol. The van der Waals surface area contributed by atoms with Crippen LogP contribution in [-0.2, 0) is 16.1 Å². The van der Waals surface area contributed by atoms with Gasteiger partial charge < -0.3 is 14.6 Å². The maximum Gasteiger partial charge on any atom is 0.225 e. The fourth-order valence-electron chi connectivity index (χ4n) is 4.41. The molecule has 118 valence electrons. The van der Waals surface area contributed by atoms with Gasteiger partial charge in [-0.05, 0) is 43.2 Å². The van der Waals surface area contributed by atoms with Crippen molar-refractivity contribution in [3.05, 3.63) is 24.2 Å². The number of carbonyl (C=O) groups excluding carboxylic acids is 2. The molecule has 2 bridgehead atoms. The third-order valence-corrected chi connectivity index (χ3v) is 5.58. The summed E-state index contributed by atoms with van der Waals surface area (Å²) in [6.07, 6.45) is 6.93. The van der Waals surface area contributed by atoms with Crippen LogP contribution in [0, 0.1) is 17.8 Å². The molecule has 1 N–H and O–H groups in total. The van der Waals surface area contributed by atoms with E-state index in [1.165, 1.54) is 19.3 Å². The molecule has 0 aromatic carbocycles. The number of nitrogens with zero attached hydrogens (tertiary/aromatic N) is 1. The Morgan fingerprint density at radius 2 is 2.27 bits per heavy atom. The van der Waals surface area contributed by atoms with Gasteiger partial charge in [-0.1, -0.05) is 6.42 Å². The zero-order chi connectivity index (χ0) is 15.1. The second-order valence-electron chi connectivity index (χ2n) is 7.04. The number of hydrogen-bond acceptors (Lipinski definition) is 3. The first-order valence-corrected chi connectivity index (χ1v) is 8.29. The molecule has 5 nitrogen and oxygen atoms in total. The Hall–Kier alpha value is -1.78. The molecular formula is C17H22N2O3. The lowest BCUT2D eigenvalue weighted by Crippen LogP contribution is -2.42. The highest BCUT2D eigenvalue weighted by Crippen LogP contribution is 2.44. The molecule has 1 aliphatic heterocycles. The van der Waals surface area contributed by atoms with Crippen LogP contribution in [0.3, 0.4) is 0 Å². The van der Waals surface area contributed by atoms with Gasteiger partial charge in [0.05, 0.1) is 18.7 Å². The minimum absolute atomic E-state index is 0.0458. The van der Waals surface area contributed by atoms with E-state index in [4.69, 9.17) is 4.42 Å². The molecule has 1 aromatic rings. The minimum atomic E-state index is -0.207. The van der Waals surface area contributed by atoms with E-state index in [0.717, 1.165) is 18.1 Å². The average Bonchev–Trinajstić information content (AvgIpc) is 3.25. The first-order chi connectivity index (χ1) is 10.7. The summed E-state index contributed by atoms with van der Waals surface area (Å²) in [7, 11) is 0. The van der Waals surface area contributed by atoms with E-state index >= 15 is 0 Å². The molecule has 3 fully saturated rings. The van der Waals surface area contributed by atoms with Gasteiger partial charge in [-0.3, -0.25) is 9.59 Å². The van der Waals surface area contributed by atoms with Crippen molar-refractivity contribution in [2.24, 2.45) is 17.8 Å². The molecule has 22 heavy (non-hydrogen) atoms. The maximum absolute atomic E-state index is 12.5. The molecule has 5 heteroatoms. The Labute approximate surface area is 130 Å². The van der Waals surface area contributed by atoms with Gasteiger partial charge in [0.2, 0.25) is 11.8 Å². The SMILES string of the molecule is O=C(N[C@H]1C[C@@H]2CC[C@@H]1C2)[C@@H]1CC(=O)N(Cc2ccco2)C1. The smallest absolute Gasteiger partial charge is 0.225 e. The fraction of sp³-hybridized carbons (Fsp3) is 0.647. The second kappa shape index (κ2) is 5.45. The third kappa shape index (κ3) is 2.53. The third-order valence-electron chi connectivity index (χ3n) is 5.58. The number of fused-ring (bicyclic) bond motifs is 2. The number of carbonyl (C=O) groups is 2. The molecule has 3 aliphatic rings. The lowest BCUT2D eigenvalue weighted by molar-refractivity contribution is -0.129. The van der Waals surface area contributed by atoms with E-state index in [0.29, 0.717) is 31.5 Å². The molecule has 4 atom stereocenters. The van der Waals surface area contributed by atoms with Gasteiger partial charge in [0.15, 0.2) is 0 Å². The van der Waals surface area contributed by atoms with E-state index < -0.39 is 0 Å². The van der Waals surface area contributed by atoms with E-state index in [2.05, 4.69) is 5.32 Å². The quantitative estimate of drug-likeness (QED) is 0.924. The molecule has 2 amide bonds. The molecule has 1 saturated heterocycles. The highest BCUT2D eigenvalue weighted by molar-refractivity contribution is 5.89. The Kier molecular flexibility index (Phi) is 3.43. The normalized spacial score (nSPS) is 33.6. The zero-order valence-electron chi connectivity index (χ0n) is 12.7. The second-order valence-corrected chi connectivity index (χ2v) is 7.04. The minimum Gasteiger partial charge on any atom is -0.467 e.